The maximum absolute atomic E-state index is 12.0. The molecule has 0 saturated carbocycles. The molecule has 2 N–H and O–H groups in total. The fourth-order valence-electron chi connectivity index (χ4n) is 1.81. The molecule has 0 fully saturated rings. The van der Waals surface area contributed by atoms with Gasteiger partial charge in [0.1, 0.15) is 5.75 Å². The number of aromatic nitrogens is 3. The highest BCUT2D eigenvalue weighted by Gasteiger charge is 2.10. The molecule has 0 aliphatic rings. The summed E-state index contributed by atoms with van der Waals surface area (Å²) in [5.74, 6) is 0.103. The van der Waals surface area contributed by atoms with Crippen LogP contribution in [-0.4, -0.2) is 21.6 Å². The van der Waals surface area contributed by atoms with E-state index in [1.54, 1.807) is 23.0 Å². The zero-order valence-corrected chi connectivity index (χ0v) is 11.0. The standard InChI is InChI=1S/C13H16F2N4O/c1-2-3-11(16)12-8-19(18-17-12)9-4-6-10(7-5-9)20-13(14)15/h4-8,11,13H,2-3,16H2,1H3. The lowest BCUT2D eigenvalue weighted by Crippen LogP contribution is -2.10. The molecule has 7 heteroatoms. The summed E-state index contributed by atoms with van der Waals surface area (Å²) < 4.78 is 29.9. The van der Waals surface area contributed by atoms with E-state index in [9.17, 15) is 8.78 Å². The lowest BCUT2D eigenvalue weighted by atomic mass is 10.1. The van der Waals surface area contributed by atoms with Crippen LogP contribution in [0.15, 0.2) is 30.5 Å². The maximum Gasteiger partial charge on any atom is 0.387 e. The van der Waals surface area contributed by atoms with E-state index in [0.29, 0.717) is 11.4 Å². The van der Waals surface area contributed by atoms with Crippen molar-refractivity contribution < 1.29 is 13.5 Å². The number of halogens is 2. The van der Waals surface area contributed by atoms with Crippen LogP contribution in [-0.2, 0) is 0 Å². The Morgan fingerprint density at radius 3 is 2.60 bits per heavy atom. The Morgan fingerprint density at radius 2 is 2.00 bits per heavy atom. The van der Waals surface area contributed by atoms with E-state index >= 15 is 0 Å². The lowest BCUT2D eigenvalue weighted by Gasteiger charge is -2.06. The molecule has 1 heterocycles. The predicted molar refractivity (Wildman–Crippen MR) is 69.8 cm³/mol. The van der Waals surface area contributed by atoms with Crippen LogP contribution >= 0.6 is 0 Å². The largest absolute Gasteiger partial charge is 0.435 e. The molecule has 0 spiro atoms. The number of rotatable bonds is 6. The van der Waals surface area contributed by atoms with Gasteiger partial charge in [0.15, 0.2) is 0 Å². The van der Waals surface area contributed by atoms with Gasteiger partial charge >= 0.3 is 6.61 Å². The van der Waals surface area contributed by atoms with Crippen molar-refractivity contribution in [2.24, 2.45) is 5.73 Å². The average Bonchev–Trinajstić information content (AvgIpc) is 2.89. The zero-order chi connectivity index (χ0) is 14.5. The summed E-state index contributed by atoms with van der Waals surface area (Å²) in [6.45, 7) is -0.780. The number of hydrogen-bond acceptors (Lipinski definition) is 4. The highest BCUT2D eigenvalue weighted by atomic mass is 19.3. The van der Waals surface area contributed by atoms with Crippen molar-refractivity contribution in [3.63, 3.8) is 0 Å². The summed E-state index contributed by atoms with van der Waals surface area (Å²) in [4.78, 5) is 0. The molecule has 20 heavy (non-hydrogen) atoms. The smallest absolute Gasteiger partial charge is 0.387 e. The fourth-order valence-corrected chi connectivity index (χ4v) is 1.81. The third kappa shape index (κ3) is 3.51. The maximum atomic E-state index is 12.0. The van der Waals surface area contributed by atoms with Crippen LogP contribution in [0.4, 0.5) is 8.78 Å². The summed E-state index contributed by atoms with van der Waals surface area (Å²) in [7, 11) is 0. The molecular formula is C13H16F2N4O. The summed E-state index contributed by atoms with van der Waals surface area (Å²) in [5.41, 5.74) is 7.37. The topological polar surface area (TPSA) is 66.0 Å². The van der Waals surface area contributed by atoms with Crippen LogP contribution < -0.4 is 10.5 Å². The Morgan fingerprint density at radius 1 is 1.30 bits per heavy atom. The number of nitrogens with two attached hydrogens (primary N) is 1. The van der Waals surface area contributed by atoms with Crippen LogP contribution in [0.3, 0.4) is 0 Å². The van der Waals surface area contributed by atoms with Gasteiger partial charge in [0.05, 0.1) is 23.6 Å². The molecule has 0 radical (unpaired) electrons. The molecule has 0 saturated heterocycles. The van der Waals surface area contributed by atoms with Crippen LogP contribution in [0.2, 0.25) is 0 Å². The first-order valence-corrected chi connectivity index (χ1v) is 6.33. The van der Waals surface area contributed by atoms with Crippen molar-refractivity contribution in [1.29, 1.82) is 0 Å². The van der Waals surface area contributed by atoms with E-state index in [4.69, 9.17) is 5.73 Å². The number of benzene rings is 1. The Labute approximate surface area is 115 Å². The molecule has 0 aliphatic carbocycles. The Kier molecular flexibility index (Phi) is 4.62. The molecule has 1 unspecified atom stereocenters. The van der Waals surface area contributed by atoms with Gasteiger partial charge in [0.2, 0.25) is 0 Å². The van der Waals surface area contributed by atoms with E-state index in [2.05, 4.69) is 15.0 Å². The first-order valence-electron chi connectivity index (χ1n) is 6.33. The van der Waals surface area contributed by atoms with Crippen molar-refractivity contribution in [3.05, 3.63) is 36.2 Å². The Hall–Kier alpha value is -2.02. The fraction of sp³-hybridized carbons (Fsp3) is 0.385. The zero-order valence-electron chi connectivity index (χ0n) is 11.0. The number of nitrogens with zero attached hydrogens (tertiary/aromatic N) is 3. The van der Waals surface area contributed by atoms with E-state index in [1.165, 1.54) is 12.1 Å². The second-order valence-corrected chi connectivity index (χ2v) is 4.36. The minimum Gasteiger partial charge on any atom is -0.435 e. The molecule has 108 valence electrons. The van der Waals surface area contributed by atoms with E-state index in [1.807, 2.05) is 6.92 Å². The number of alkyl halides is 2. The quantitative estimate of drug-likeness (QED) is 0.884. The highest BCUT2D eigenvalue weighted by Crippen LogP contribution is 2.18. The van der Waals surface area contributed by atoms with Crippen LogP contribution in [0.25, 0.3) is 5.69 Å². The van der Waals surface area contributed by atoms with E-state index < -0.39 is 6.61 Å². The Bertz CT molecular complexity index is 542. The van der Waals surface area contributed by atoms with Crippen molar-refractivity contribution >= 4 is 0 Å². The molecule has 1 aromatic heterocycles. The first kappa shape index (κ1) is 14.4. The third-order valence-electron chi connectivity index (χ3n) is 2.82. The second-order valence-electron chi connectivity index (χ2n) is 4.36. The second kappa shape index (κ2) is 6.42. The van der Waals surface area contributed by atoms with Crippen LogP contribution in [0.5, 0.6) is 5.75 Å². The van der Waals surface area contributed by atoms with Crippen LogP contribution in [0, 0.1) is 0 Å². The van der Waals surface area contributed by atoms with Gasteiger partial charge in [-0.25, -0.2) is 4.68 Å². The molecule has 0 aliphatic heterocycles. The lowest BCUT2D eigenvalue weighted by molar-refractivity contribution is -0.0498. The minimum absolute atomic E-state index is 0.103. The minimum atomic E-state index is -2.83. The summed E-state index contributed by atoms with van der Waals surface area (Å²) in [6, 6.07) is 6.02. The summed E-state index contributed by atoms with van der Waals surface area (Å²) in [6.07, 6.45) is 3.54. The van der Waals surface area contributed by atoms with Crippen molar-refractivity contribution in [1.82, 2.24) is 15.0 Å². The molecule has 0 bridgehead atoms. The van der Waals surface area contributed by atoms with Gasteiger partial charge in [-0.3, -0.25) is 0 Å². The summed E-state index contributed by atoms with van der Waals surface area (Å²) in [5, 5.41) is 8.00. The van der Waals surface area contributed by atoms with Gasteiger partial charge in [-0.15, -0.1) is 5.10 Å². The Balaban J connectivity index is 2.11. The van der Waals surface area contributed by atoms with Gasteiger partial charge in [-0.05, 0) is 30.7 Å². The van der Waals surface area contributed by atoms with Gasteiger partial charge in [0.25, 0.3) is 0 Å². The van der Waals surface area contributed by atoms with E-state index in [-0.39, 0.29) is 11.8 Å². The molecular weight excluding hydrogens is 266 g/mol. The summed E-state index contributed by atoms with van der Waals surface area (Å²) >= 11 is 0. The SMILES string of the molecule is CCCC(N)c1cn(-c2ccc(OC(F)F)cc2)nn1. The van der Waals surface area contributed by atoms with Gasteiger partial charge < -0.3 is 10.5 Å². The monoisotopic (exact) mass is 282 g/mol. The van der Waals surface area contributed by atoms with Crippen molar-refractivity contribution in [3.8, 4) is 11.4 Å². The van der Waals surface area contributed by atoms with Crippen molar-refractivity contribution in [2.75, 3.05) is 0 Å². The highest BCUT2D eigenvalue weighted by molar-refractivity contribution is 5.36. The molecule has 2 aromatic rings. The van der Waals surface area contributed by atoms with Gasteiger partial charge in [-0.2, -0.15) is 8.78 Å². The normalized spacial score (nSPS) is 12.7. The van der Waals surface area contributed by atoms with Gasteiger partial charge in [0, 0.05) is 0 Å². The van der Waals surface area contributed by atoms with Gasteiger partial charge in [-0.1, -0.05) is 18.6 Å². The molecule has 2 rings (SSSR count). The molecule has 1 aromatic carbocycles. The number of hydrogen-bond donors (Lipinski definition) is 1. The number of ether oxygens (including phenoxy) is 1. The van der Waals surface area contributed by atoms with E-state index in [0.717, 1.165) is 12.8 Å². The van der Waals surface area contributed by atoms with Crippen molar-refractivity contribution in [2.45, 2.75) is 32.4 Å². The first-order chi connectivity index (χ1) is 9.60. The molecule has 0 amide bonds. The molecule has 5 nitrogen and oxygen atoms in total. The van der Waals surface area contributed by atoms with Crippen LogP contribution in [0.1, 0.15) is 31.5 Å². The predicted octanol–water partition coefficient (Wildman–Crippen LogP) is 2.67. The molecule has 1 atom stereocenters. The average molecular weight is 282 g/mol. The third-order valence-corrected chi connectivity index (χ3v) is 2.82.